The molecule has 1 aliphatic rings. The predicted molar refractivity (Wildman–Crippen MR) is 177 cm³/mol. The molecule has 0 spiro atoms. The van der Waals surface area contributed by atoms with Gasteiger partial charge in [-0.05, 0) is 66.9 Å². The van der Waals surface area contributed by atoms with Gasteiger partial charge in [0.15, 0.2) is 23.0 Å². The summed E-state index contributed by atoms with van der Waals surface area (Å²) in [6.07, 6.45) is 1.25. The van der Waals surface area contributed by atoms with E-state index in [1.165, 1.54) is 30.3 Å². The maximum atomic E-state index is 13.4. The van der Waals surface area contributed by atoms with Crippen LogP contribution >= 0.6 is 11.6 Å². The lowest BCUT2D eigenvalue weighted by atomic mass is 10.1. The molecule has 1 heterocycles. The summed E-state index contributed by atoms with van der Waals surface area (Å²) in [4.78, 5) is 49.9. The summed E-state index contributed by atoms with van der Waals surface area (Å²) in [7, 11) is 0. The zero-order valence-electron chi connectivity index (χ0n) is 25.9. The molecule has 4 aromatic carbocycles. The van der Waals surface area contributed by atoms with E-state index in [0.717, 1.165) is 17.2 Å². The minimum atomic E-state index is -1.04. The van der Waals surface area contributed by atoms with Crippen molar-refractivity contribution in [1.29, 1.82) is 0 Å². The standard InChI is InChI=1S/C35H30ClN3O9/c1-3-45-30-17-23(13-14-29(30)47-20-22-9-6-5-7-10-22)21-48-32-28(36)16-24(18-31(32)46-4-2)15-27-33(40)37-35(42)38(34(27)41)25-11-8-12-26(19-25)39(43)44/h5-19H,3-4,20-21H2,1-2H3,(H,37,40,42)/b27-15-. The quantitative estimate of drug-likeness (QED) is 0.0696. The molecule has 4 aromatic rings. The number of rotatable bonds is 13. The second-order valence-electron chi connectivity index (χ2n) is 10.3. The normalized spacial score (nSPS) is 13.7. The van der Waals surface area contributed by atoms with Gasteiger partial charge in [0, 0.05) is 12.1 Å². The van der Waals surface area contributed by atoms with Gasteiger partial charge in [-0.3, -0.25) is 25.0 Å². The summed E-state index contributed by atoms with van der Waals surface area (Å²) in [6.45, 7) is 4.81. The van der Waals surface area contributed by atoms with E-state index >= 15 is 0 Å². The van der Waals surface area contributed by atoms with Crippen molar-refractivity contribution in [2.75, 3.05) is 18.1 Å². The number of urea groups is 1. The van der Waals surface area contributed by atoms with Gasteiger partial charge in [-0.1, -0.05) is 54.1 Å². The number of carbonyl (C=O) groups excluding carboxylic acids is 3. The lowest BCUT2D eigenvalue weighted by Gasteiger charge is -2.26. The highest BCUT2D eigenvalue weighted by Crippen LogP contribution is 2.39. The fourth-order valence-corrected chi connectivity index (χ4v) is 5.07. The molecule has 0 bridgehead atoms. The van der Waals surface area contributed by atoms with Crippen molar-refractivity contribution < 1.29 is 38.3 Å². The zero-order chi connectivity index (χ0) is 34.2. The summed E-state index contributed by atoms with van der Waals surface area (Å²) in [5.74, 6) is -0.291. The van der Waals surface area contributed by atoms with Crippen molar-refractivity contribution in [2.24, 2.45) is 0 Å². The molecule has 4 amide bonds. The van der Waals surface area contributed by atoms with Gasteiger partial charge < -0.3 is 18.9 Å². The number of hydrogen-bond donors (Lipinski definition) is 1. The summed E-state index contributed by atoms with van der Waals surface area (Å²) in [5, 5.41) is 13.5. The fraction of sp³-hybridized carbons (Fsp3) is 0.171. The number of nitro benzene ring substituents is 1. The molecule has 1 fully saturated rings. The van der Waals surface area contributed by atoms with Crippen LogP contribution in [0.1, 0.15) is 30.5 Å². The van der Waals surface area contributed by atoms with Crippen LogP contribution in [0.5, 0.6) is 23.0 Å². The zero-order valence-corrected chi connectivity index (χ0v) is 26.7. The highest BCUT2D eigenvalue weighted by Gasteiger charge is 2.37. The van der Waals surface area contributed by atoms with Crippen molar-refractivity contribution in [3.05, 3.63) is 122 Å². The molecule has 48 heavy (non-hydrogen) atoms. The van der Waals surface area contributed by atoms with E-state index in [1.54, 1.807) is 19.1 Å². The smallest absolute Gasteiger partial charge is 0.335 e. The molecule has 1 saturated heterocycles. The highest BCUT2D eigenvalue weighted by molar-refractivity contribution is 6.39. The Morgan fingerprint density at radius 1 is 0.792 bits per heavy atom. The number of non-ortho nitro benzene ring substituents is 1. The number of carbonyl (C=O) groups is 3. The number of imide groups is 2. The van der Waals surface area contributed by atoms with Gasteiger partial charge in [0.1, 0.15) is 18.8 Å². The summed E-state index contributed by atoms with van der Waals surface area (Å²) in [6, 6.07) is 22.2. The number of hydrogen-bond acceptors (Lipinski definition) is 9. The first-order valence-electron chi connectivity index (χ1n) is 14.9. The van der Waals surface area contributed by atoms with Crippen LogP contribution in [0.4, 0.5) is 16.2 Å². The number of ether oxygens (including phenoxy) is 4. The molecule has 1 aliphatic heterocycles. The molecule has 1 N–H and O–H groups in total. The number of nitrogens with zero attached hydrogens (tertiary/aromatic N) is 2. The fourth-order valence-electron chi connectivity index (χ4n) is 4.80. The third-order valence-electron chi connectivity index (χ3n) is 6.97. The molecule has 0 aliphatic carbocycles. The number of halogens is 1. The van der Waals surface area contributed by atoms with Gasteiger partial charge in [0.25, 0.3) is 17.5 Å². The number of nitrogens with one attached hydrogen (secondary N) is 1. The van der Waals surface area contributed by atoms with Crippen LogP contribution in [-0.2, 0) is 22.8 Å². The predicted octanol–water partition coefficient (Wildman–Crippen LogP) is 6.87. The first-order chi connectivity index (χ1) is 23.2. The van der Waals surface area contributed by atoms with E-state index in [9.17, 15) is 24.5 Å². The van der Waals surface area contributed by atoms with Crippen LogP contribution in [-0.4, -0.2) is 36.0 Å². The molecule has 0 atom stereocenters. The Labute approximate surface area is 280 Å². The molecular weight excluding hydrogens is 642 g/mol. The Balaban J connectivity index is 1.37. The largest absolute Gasteiger partial charge is 0.490 e. The summed E-state index contributed by atoms with van der Waals surface area (Å²) in [5.41, 5.74) is 1.29. The van der Waals surface area contributed by atoms with Crippen LogP contribution in [0.25, 0.3) is 6.08 Å². The highest BCUT2D eigenvalue weighted by atomic mass is 35.5. The maximum Gasteiger partial charge on any atom is 0.335 e. The minimum absolute atomic E-state index is 0.0785. The number of benzene rings is 4. The van der Waals surface area contributed by atoms with Gasteiger partial charge in [0.05, 0.1) is 28.8 Å². The Bertz CT molecular complexity index is 1900. The lowest BCUT2D eigenvalue weighted by Crippen LogP contribution is -2.54. The van der Waals surface area contributed by atoms with Crippen LogP contribution < -0.4 is 29.2 Å². The Hall–Kier alpha value is -5.88. The topological polar surface area (TPSA) is 147 Å². The number of barbiturate groups is 1. The number of nitro groups is 1. The van der Waals surface area contributed by atoms with Crippen LogP contribution in [0.3, 0.4) is 0 Å². The van der Waals surface area contributed by atoms with Crippen molar-refractivity contribution in [3.8, 4) is 23.0 Å². The molecule has 0 aromatic heterocycles. The molecular formula is C35H30ClN3O9. The molecule has 13 heteroatoms. The van der Waals surface area contributed by atoms with Gasteiger partial charge in [-0.25, -0.2) is 9.69 Å². The SMILES string of the molecule is CCOc1cc(COc2c(Cl)cc(/C=C3/C(=O)NC(=O)N(c4cccc([N+](=O)[O-])c4)C3=O)cc2OCC)ccc1OCc1ccccc1. The Morgan fingerprint density at radius 3 is 2.25 bits per heavy atom. The maximum absolute atomic E-state index is 13.4. The van der Waals surface area contributed by atoms with E-state index < -0.39 is 28.3 Å². The van der Waals surface area contributed by atoms with E-state index in [1.807, 2.05) is 49.4 Å². The summed E-state index contributed by atoms with van der Waals surface area (Å²) < 4.78 is 23.7. The third kappa shape index (κ3) is 7.73. The van der Waals surface area contributed by atoms with Crippen LogP contribution in [0, 0.1) is 10.1 Å². The molecule has 12 nitrogen and oxygen atoms in total. The Morgan fingerprint density at radius 2 is 1.52 bits per heavy atom. The van der Waals surface area contributed by atoms with Gasteiger partial charge in [0.2, 0.25) is 0 Å². The van der Waals surface area contributed by atoms with Crippen LogP contribution in [0.2, 0.25) is 5.02 Å². The second kappa shape index (κ2) is 15.1. The van der Waals surface area contributed by atoms with Crippen LogP contribution in [0.15, 0.2) is 90.5 Å². The van der Waals surface area contributed by atoms with Crippen molar-refractivity contribution in [3.63, 3.8) is 0 Å². The molecule has 246 valence electrons. The molecule has 0 saturated carbocycles. The van der Waals surface area contributed by atoms with E-state index in [0.29, 0.717) is 35.2 Å². The number of amides is 4. The van der Waals surface area contributed by atoms with E-state index in [4.69, 9.17) is 30.5 Å². The van der Waals surface area contributed by atoms with Gasteiger partial charge >= 0.3 is 6.03 Å². The van der Waals surface area contributed by atoms with Crippen molar-refractivity contribution in [2.45, 2.75) is 27.1 Å². The second-order valence-corrected chi connectivity index (χ2v) is 10.7. The van der Waals surface area contributed by atoms with Crippen molar-refractivity contribution >= 4 is 46.9 Å². The van der Waals surface area contributed by atoms with E-state index in [2.05, 4.69) is 5.32 Å². The van der Waals surface area contributed by atoms with Gasteiger partial charge in [-0.2, -0.15) is 0 Å². The molecule has 0 radical (unpaired) electrons. The monoisotopic (exact) mass is 671 g/mol. The molecule has 5 rings (SSSR count). The first-order valence-corrected chi connectivity index (χ1v) is 15.2. The van der Waals surface area contributed by atoms with E-state index in [-0.39, 0.29) is 41.1 Å². The average molecular weight is 672 g/mol. The minimum Gasteiger partial charge on any atom is -0.490 e. The first kappa shape index (κ1) is 33.5. The Kier molecular flexibility index (Phi) is 10.6. The third-order valence-corrected chi connectivity index (χ3v) is 7.25. The van der Waals surface area contributed by atoms with Gasteiger partial charge in [-0.15, -0.1) is 0 Å². The summed E-state index contributed by atoms with van der Waals surface area (Å²) >= 11 is 6.63. The van der Waals surface area contributed by atoms with Crippen molar-refractivity contribution in [1.82, 2.24) is 5.32 Å². The number of anilines is 1. The molecule has 0 unspecified atom stereocenters. The lowest BCUT2D eigenvalue weighted by molar-refractivity contribution is -0.384. The average Bonchev–Trinajstić information content (AvgIpc) is 3.06.